The van der Waals surface area contributed by atoms with Gasteiger partial charge in [-0.25, -0.2) is 0 Å². The number of piperazine rings is 1. The molecule has 114 valence electrons. The van der Waals surface area contributed by atoms with Gasteiger partial charge in [0.1, 0.15) is 11.6 Å². The minimum absolute atomic E-state index is 0.00154. The Hall–Kier alpha value is -1.84. The number of carbonyl (C=O) groups is 2. The summed E-state index contributed by atoms with van der Waals surface area (Å²) in [5, 5.41) is 2.81. The summed E-state index contributed by atoms with van der Waals surface area (Å²) in [5.41, 5.74) is 1.51. The predicted octanol–water partition coefficient (Wildman–Crippen LogP) is 2.26. The average Bonchev–Trinajstić information content (AvgIpc) is 2.48. The van der Waals surface area contributed by atoms with Crippen molar-refractivity contribution < 1.29 is 9.59 Å². The number of aryl methyl sites for hydroxylation is 1. The fourth-order valence-corrected chi connectivity index (χ4v) is 2.60. The zero-order valence-corrected chi connectivity index (χ0v) is 13.3. The highest BCUT2D eigenvalue weighted by atomic mass is 16.2. The summed E-state index contributed by atoms with van der Waals surface area (Å²) in [5.74, 6) is -0.0826. The van der Waals surface area contributed by atoms with E-state index in [-0.39, 0.29) is 11.8 Å². The number of carbonyl (C=O) groups excluding carboxylic acids is 2. The number of benzene rings is 1. The Morgan fingerprint density at radius 2 is 1.67 bits per heavy atom. The van der Waals surface area contributed by atoms with Gasteiger partial charge in [0.05, 0.1) is 0 Å². The van der Waals surface area contributed by atoms with Crippen LogP contribution in [0.2, 0.25) is 0 Å². The molecule has 0 aliphatic carbocycles. The number of nitrogens with one attached hydrogen (secondary N) is 1. The largest absolute Gasteiger partial charge is 0.342 e. The lowest BCUT2D eigenvalue weighted by atomic mass is 9.94. The van der Waals surface area contributed by atoms with Crippen LogP contribution in [0.4, 0.5) is 0 Å². The van der Waals surface area contributed by atoms with Crippen molar-refractivity contribution in [3.05, 3.63) is 35.4 Å². The summed E-state index contributed by atoms with van der Waals surface area (Å²) in [6, 6.07) is 7.83. The molecule has 1 fully saturated rings. The van der Waals surface area contributed by atoms with Gasteiger partial charge in [-0.3, -0.25) is 9.59 Å². The van der Waals surface area contributed by atoms with Crippen LogP contribution in [0.3, 0.4) is 0 Å². The summed E-state index contributed by atoms with van der Waals surface area (Å²) in [7, 11) is 0. The highest BCUT2D eigenvalue weighted by molar-refractivity contribution is 5.99. The van der Waals surface area contributed by atoms with Crippen LogP contribution in [0, 0.1) is 0 Å². The molecule has 1 aliphatic heterocycles. The molecule has 1 aliphatic rings. The van der Waals surface area contributed by atoms with Gasteiger partial charge in [0.15, 0.2) is 0 Å². The zero-order valence-electron chi connectivity index (χ0n) is 13.3. The molecule has 1 aromatic rings. The Morgan fingerprint density at radius 3 is 2.19 bits per heavy atom. The molecule has 4 nitrogen and oxygen atoms in total. The van der Waals surface area contributed by atoms with E-state index in [1.807, 2.05) is 19.1 Å². The van der Waals surface area contributed by atoms with Gasteiger partial charge in [-0.1, -0.05) is 38.1 Å². The van der Waals surface area contributed by atoms with Gasteiger partial charge < -0.3 is 10.2 Å². The van der Waals surface area contributed by atoms with E-state index in [2.05, 4.69) is 24.4 Å². The maximum absolute atomic E-state index is 12.6. The van der Waals surface area contributed by atoms with E-state index in [0.29, 0.717) is 13.0 Å². The topological polar surface area (TPSA) is 49.4 Å². The smallest absolute Gasteiger partial charge is 0.246 e. The first-order valence-corrected chi connectivity index (χ1v) is 7.60. The summed E-state index contributed by atoms with van der Waals surface area (Å²) in [6.45, 7) is 8.09. The molecule has 1 atom stereocenters. The van der Waals surface area contributed by atoms with Gasteiger partial charge in [-0.15, -0.1) is 0 Å². The molecule has 1 heterocycles. The van der Waals surface area contributed by atoms with Crippen molar-refractivity contribution in [1.29, 1.82) is 0 Å². The molecular formula is C17H24N2O2. The molecule has 21 heavy (non-hydrogen) atoms. The number of nitrogens with zero attached hydrogens (tertiary/aromatic N) is 1. The second kappa shape index (κ2) is 5.88. The third-order valence-electron chi connectivity index (χ3n) is 4.28. The van der Waals surface area contributed by atoms with Crippen molar-refractivity contribution >= 4 is 11.8 Å². The molecule has 0 aromatic heterocycles. The van der Waals surface area contributed by atoms with Crippen molar-refractivity contribution in [3.8, 4) is 0 Å². The first kappa shape index (κ1) is 15.5. The highest BCUT2D eigenvalue weighted by Gasteiger charge is 2.45. The van der Waals surface area contributed by atoms with Gasteiger partial charge in [-0.2, -0.15) is 0 Å². The minimum atomic E-state index is -0.813. The molecule has 2 amide bonds. The second-order valence-corrected chi connectivity index (χ2v) is 6.09. The van der Waals surface area contributed by atoms with Crippen molar-refractivity contribution in [3.63, 3.8) is 0 Å². The summed E-state index contributed by atoms with van der Waals surface area (Å²) in [4.78, 5) is 26.5. The Kier molecular flexibility index (Phi) is 4.35. The van der Waals surface area contributed by atoms with Gasteiger partial charge in [-0.05, 0) is 37.8 Å². The van der Waals surface area contributed by atoms with E-state index >= 15 is 0 Å². The molecule has 0 bridgehead atoms. The van der Waals surface area contributed by atoms with E-state index in [4.69, 9.17) is 0 Å². The summed E-state index contributed by atoms with van der Waals surface area (Å²) < 4.78 is 0. The van der Waals surface area contributed by atoms with Crippen molar-refractivity contribution in [2.75, 3.05) is 0 Å². The van der Waals surface area contributed by atoms with Crippen LogP contribution in [0.15, 0.2) is 24.3 Å². The number of amides is 2. The van der Waals surface area contributed by atoms with E-state index in [1.165, 1.54) is 5.56 Å². The molecule has 2 rings (SSSR count). The predicted molar refractivity (Wildman–Crippen MR) is 82.7 cm³/mol. The Morgan fingerprint density at radius 1 is 1.10 bits per heavy atom. The quantitative estimate of drug-likeness (QED) is 0.924. The van der Waals surface area contributed by atoms with Crippen LogP contribution in [-0.2, 0) is 22.6 Å². The van der Waals surface area contributed by atoms with E-state index < -0.39 is 11.6 Å². The van der Waals surface area contributed by atoms with Crippen LogP contribution in [-0.4, -0.2) is 28.3 Å². The van der Waals surface area contributed by atoms with Gasteiger partial charge in [0.2, 0.25) is 11.8 Å². The third-order valence-corrected chi connectivity index (χ3v) is 4.28. The fraction of sp³-hybridized carbons (Fsp3) is 0.529. The molecule has 4 heteroatoms. The van der Waals surface area contributed by atoms with Crippen LogP contribution in [0.5, 0.6) is 0 Å². The lowest BCUT2D eigenvalue weighted by Gasteiger charge is -2.44. The molecule has 1 N–H and O–H groups in total. The number of rotatable bonds is 4. The van der Waals surface area contributed by atoms with Crippen molar-refractivity contribution in [2.45, 2.75) is 58.7 Å². The normalized spacial score (nSPS) is 21.3. The van der Waals surface area contributed by atoms with E-state index in [1.54, 1.807) is 18.7 Å². The van der Waals surface area contributed by atoms with Crippen molar-refractivity contribution in [2.24, 2.45) is 0 Å². The standard InChI is InChI=1S/C17H24N2O2/c1-5-12-7-9-13(10-8-12)11-19-15(20)14(6-2)18-16(21)17(19,3)4/h7-10,14H,5-6,11H2,1-4H3,(H,18,21). The van der Waals surface area contributed by atoms with Crippen molar-refractivity contribution in [1.82, 2.24) is 10.2 Å². The lowest BCUT2D eigenvalue weighted by molar-refractivity contribution is -0.156. The summed E-state index contributed by atoms with van der Waals surface area (Å²) in [6.07, 6.45) is 1.61. The maximum atomic E-state index is 12.6. The van der Waals surface area contributed by atoms with Gasteiger partial charge in [0, 0.05) is 6.54 Å². The molecule has 0 saturated carbocycles. The molecule has 1 unspecified atom stereocenters. The molecule has 1 aromatic carbocycles. The first-order valence-electron chi connectivity index (χ1n) is 7.60. The van der Waals surface area contributed by atoms with Crippen LogP contribution >= 0.6 is 0 Å². The molecule has 0 spiro atoms. The van der Waals surface area contributed by atoms with E-state index in [0.717, 1.165) is 12.0 Å². The van der Waals surface area contributed by atoms with Gasteiger partial charge in [0.25, 0.3) is 0 Å². The highest BCUT2D eigenvalue weighted by Crippen LogP contribution is 2.24. The zero-order chi connectivity index (χ0) is 15.6. The van der Waals surface area contributed by atoms with Gasteiger partial charge >= 0.3 is 0 Å². The number of hydrogen-bond donors (Lipinski definition) is 1. The Bertz CT molecular complexity index is 534. The maximum Gasteiger partial charge on any atom is 0.246 e. The minimum Gasteiger partial charge on any atom is -0.342 e. The Labute approximate surface area is 126 Å². The monoisotopic (exact) mass is 288 g/mol. The second-order valence-electron chi connectivity index (χ2n) is 6.09. The molecular weight excluding hydrogens is 264 g/mol. The fourth-order valence-electron chi connectivity index (χ4n) is 2.60. The first-order chi connectivity index (χ1) is 9.90. The third kappa shape index (κ3) is 2.94. The van der Waals surface area contributed by atoms with Crippen LogP contribution in [0.25, 0.3) is 0 Å². The Balaban J connectivity index is 2.25. The van der Waals surface area contributed by atoms with Crippen LogP contribution < -0.4 is 5.32 Å². The lowest BCUT2D eigenvalue weighted by Crippen LogP contribution is -2.67. The number of hydrogen-bond acceptors (Lipinski definition) is 2. The van der Waals surface area contributed by atoms with Crippen LogP contribution in [0.1, 0.15) is 45.2 Å². The average molecular weight is 288 g/mol. The summed E-state index contributed by atoms with van der Waals surface area (Å²) >= 11 is 0. The molecule has 1 saturated heterocycles. The molecule has 0 radical (unpaired) electrons. The van der Waals surface area contributed by atoms with E-state index in [9.17, 15) is 9.59 Å². The SMILES string of the molecule is CCc1ccc(CN2C(=O)C(CC)NC(=O)C2(C)C)cc1.